The molecule has 0 radical (unpaired) electrons. The van der Waals surface area contributed by atoms with Crippen molar-refractivity contribution in [2.24, 2.45) is 11.8 Å². The molecule has 0 atom stereocenters. The zero-order valence-electron chi connectivity index (χ0n) is 41.3. The summed E-state index contributed by atoms with van der Waals surface area (Å²) in [5.41, 5.74) is 3.84. The number of esters is 5. The molecular formula is C58H65NO12S. The third-order valence-corrected chi connectivity index (χ3v) is 13.3. The van der Waals surface area contributed by atoms with E-state index < -0.39 is 17.9 Å². The fourth-order valence-electron chi connectivity index (χ4n) is 8.47. The van der Waals surface area contributed by atoms with Crippen molar-refractivity contribution in [3.05, 3.63) is 132 Å². The van der Waals surface area contributed by atoms with E-state index in [9.17, 15) is 28.8 Å². The van der Waals surface area contributed by atoms with Gasteiger partial charge in [0, 0.05) is 43.9 Å². The summed E-state index contributed by atoms with van der Waals surface area (Å²) in [4.78, 5) is 81.4. The lowest BCUT2D eigenvalue weighted by Gasteiger charge is -2.27. The minimum Gasteiger partial charge on any atom is -0.462 e. The van der Waals surface area contributed by atoms with Gasteiger partial charge in [0.2, 0.25) is 0 Å². The van der Waals surface area contributed by atoms with Crippen molar-refractivity contribution in [2.45, 2.75) is 122 Å². The number of ketones is 1. The van der Waals surface area contributed by atoms with E-state index in [0.29, 0.717) is 98.7 Å². The molecule has 0 spiro atoms. The van der Waals surface area contributed by atoms with Crippen molar-refractivity contribution in [1.82, 2.24) is 4.98 Å². The number of aromatic nitrogens is 1. The Morgan fingerprint density at radius 3 is 1.65 bits per heavy atom. The van der Waals surface area contributed by atoms with Crippen molar-refractivity contribution in [3.8, 4) is 27.8 Å². The van der Waals surface area contributed by atoms with E-state index in [1.807, 2.05) is 53.9 Å². The Kier molecular flexibility index (Phi) is 21.5. The molecule has 2 aliphatic carbocycles. The number of pyridine rings is 1. The highest BCUT2D eigenvalue weighted by atomic mass is 32.1. The summed E-state index contributed by atoms with van der Waals surface area (Å²) in [5, 5.41) is 2.47. The number of benzene rings is 3. The Morgan fingerprint density at radius 1 is 0.611 bits per heavy atom. The van der Waals surface area contributed by atoms with Gasteiger partial charge in [0.05, 0.1) is 22.4 Å². The zero-order valence-corrected chi connectivity index (χ0v) is 42.1. The third kappa shape index (κ3) is 16.9. The van der Waals surface area contributed by atoms with Crippen LogP contribution in [0.2, 0.25) is 0 Å². The predicted molar refractivity (Wildman–Crippen MR) is 276 cm³/mol. The molecular weight excluding hydrogens is 935 g/mol. The van der Waals surface area contributed by atoms with Crippen LogP contribution in [-0.4, -0.2) is 66.0 Å². The van der Waals surface area contributed by atoms with Crippen molar-refractivity contribution < 1.29 is 57.2 Å². The van der Waals surface area contributed by atoms with Gasteiger partial charge in [0.25, 0.3) is 0 Å². The van der Waals surface area contributed by atoms with Crippen molar-refractivity contribution in [3.63, 3.8) is 0 Å². The van der Waals surface area contributed by atoms with Gasteiger partial charge in [-0.1, -0.05) is 69.5 Å². The first-order valence-electron chi connectivity index (χ1n) is 25.0. The van der Waals surface area contributed by atoms with Crippen LogP contribution in [0.5, 0.6) is 17.2 Å². The molecule has 13 nitrogen and oxygen atoms in total. The largest absolute Gasteiger partial charge is 0.462 e. The molecule has 7 rings (SSSR count). The standard InChI is InChI=1S/C52H51NO11S.C6H14O/c1-3-38(54)32-35-9-7-33(8-10-35)13-29-48(56)61-40-21-15-36(16-22-40)51(58)63-44-27-28-45(50-42(44)25-26-43(53-50)46-6-5-31-65-46)64-52(59)37-17-23-41(24-18-37)62-49(57)30-14-34-11-19-39(20-12-34)60-47(55)4-2;1-3-5-7-6-4-2/h3-12,19-20,25-28,31,36-37,40-41H,1-2,13-18,21-24,29-30,32H2;3-6H2,1-2H3. The summed E-state index contributed by atoms with van der Waals surface area (Å²) in [5.74, 6) is -1.84. The fraction of sp³-hybridized carbons (Fsp3) is 0.397. The molecule has 0 bridgehead atoms. The van der Waals surface area contributed by atoms with Gasteiger partial charge in [-0.15, -0.1) is 11.3 Å². The fourth-order valence-corrected chi connectivity index (χ4v) is 9.16. The van der Waals surface area contributed by atoms with E-state index in [-0.39, 0.29) is 60.4 Å². The second-order valence-corrected chi connectivity index (χ2v) is 18.9. The number of allylic oxidation sites excluding steroid dienone is 1. The topological polar surface area (TPSA) is 171 Å². The van der Waals surface area contributed by atoms with Crippen molar-refractivity contribution in [2.75, 3.05) is 13.2 Å². The van der Waals surface area contributed by atoms with Gasteiger partial charge in [-0.2, -0.15) is 0 Å². The smallest absolute Gasteiger partial charge is 0.335 e. The Hall–Kier alpha value is -6.77. The first-order valence-corrected chi connectivity index (χ1v) is 25.9. The monoisotopic (exact) mass is 999 g/mol. The molecule has 0 aliphatic heterocycles. The number of carbonyl (C=O) groups excluding carboxylic acids is 6. The zero-order chi connectivity index (χ0) is 51.2. The van der Waals surface area contributed by atoms with Crippen LogP contribution in [0.1, 0.15) is 108 Å². The average molecular weight is 1000 g/mol. The van der Waals surface area contributed by atoms with Gasteiger partial charge < -0.3 is 28.4 Å². The van der Waals surface area contributed by atoms with E-state index in [0.717, 1.165) is 53.7 Å². The quantitative estimate of drug-likeness (QED) is 0.0278. The van der Waals surface area contributed by atoms with Gasteiger partial charge in [-0.3, -0.25) is 24.0 Å². The number of hydrogen-bond donors (Lipinski definition) is 0. The maximum Gasteiger partial charge on any atom is 0.335 e. The Morgan fingerprint density at radius 2 is 1.14 bits per heavy atom. The molecule has 0 saturated heterocycles. The van der Waals surface area contributed by atoms with Gasteiger partial charge in [0.15, 0.2) is 11.5 Å². The molecule has 0 N–H and O–H groups in total. The Labute approximate surface area is 425 Å². The number of aryl methyl sites for hydroxylation is 2. The maximum atomic E-state index is 13.6. The molecule has 0 amide bonds. The number of thiophene rings is 1. The van der Waals surface area contributed by atoms with Crippen LogP contribution in [-0.2, 0) is 62.2 Å². The number of ether oxygens (including phenoxy) is 6. The van der Waals surface area contributed by atoms with Crippen LogP contribution in [0.25, 0.3) is 21.5 Å². The maximum absolute atomic E-state index is 13.6. The Bertz CT molecular complexity index is 2600. The predicted octanol–water partition coefficient (Wildman–Crippen LogP) is 11.5. The van der Waals surface area contributed by atoms with Gasteiger partial charge in [0.1, 0.15) is 29.2 Å². The highest BCUT2D eigenvalue weighted by Crippen LogP contribution is 2.38. The molecule has 2 saturated carbocycles. The van der Waals surface area contributed by atoms with E-state index in [1.54, 1.807) is 36.4 Å². The molecule has 2 fully saturated rings. The molecule has 5 aromatic rings. The number of nitrogens with zero attached hydrogens (tertiary/aromatic N) is 1. The molecule has 3 aromatic carbocycles. The Balaban J connectivity index is 0.00000113. The van der Waals surface area contributed by atoms with Crippen LogP contribution in [0.15, 0.2) is 116 Å². The molecule has 2 heterocycles. The van der Waals surface area contributed by atoms with E-state index in [2.05, 4.69) is 27.0 Å². The lowest BCUT2D eigenvalue weighted by atomic mass is 9.87. The first-order chi connectivity index (χ1) is 34.9. The lowest BCUT2D eigenvalue weighted by Crippen LogP contribution is -2.30. The van der Waals surface area contributed by atoms with E-state index in [4.69, 9.17) is 33.4 Å². The van der Waals surface area contributed by atoms with Crippen molar-refractivity contribution >= 4 is 57.9 Å². The number of fused-ring (bicyclic) bond motifs is 1. The van der Waals surface area contributed by atoms with Gasteiger partial charge in [-0.25, -0.2) is 9.78 Å². The summed E-state index contributed by atoms with van der Waals surface area (Å²) in [7, 11) is 0. The second kappa shape index (κ2) is 28.3. The van der Waals surface area contributed by atoms with Crippen LogP contribution in [0.4, 0.5) is 0 Å². The summed E-state index contributed by atoms with van der Waals surface area (Å²) in [6, 6.07) is 25.3. The number of hydrogen-bond acceptors (Lipinski definition) is 14. The summed E-state index contributed by atoms with van der Waals surface area (Å²) < 4.78 is 33.8. The van der Waals surface area contributed by atoms with E-state index in [1.165, 1.54) is 17.4 Å². The molecule has 0 unspecified atom stereocenters. The van der Waals surface area contributed by atoms with Crippen LogP contribution >= 0.6 is 11.3 Å². The normalized spacial score (nSPS) is 17.3. The lowest BCUT2D eigenvalue weighted by molar-refractivity contribution is -0.153. The average Bonchev–Trinajstić information content (AvgIpc) is 3.95. The molecule has 14 heteroatoms. The van der Waals surface area contributed by atoms with Crippen LogP contribution in [0, 0.1) is 11.8 Å². The molecule has 2 aliphatic rings. The summed E-state index contributed by atoms with van der Waals surface area (Å²) in [6.07, 6.45) is 9.89. The second-order valence-electron chi connectivity index (χ2n) is 17.9. The van der Waals surface area contributed by atoms with E-state index >= 15 is 0 Å². The van der Waals surface area contributed by atoms with Crippen LogP contribution < -0.4 is 14.2 Å². The number of carbonyl (C=O) groups is 6. The minimum atomic E-state index is -0.546. The van der Waals surface area contributed by atoms with Crippen molar-refractivity contribution in [1.29, 1.82) is 0 Å². The summed E-state index contributed by atoms with van der Waals surface area (Å²) in [6.45, 7) is 13.0. The summed E-state index contributed by atoms with van der Waals surface area (Å²) >= 11 is 1.53. The van der Waals surface area contributed by atoms with Crippen LogP contribution in [0.3, 0.4) is 0 Å². The highest BCUT2D eigenvalue weighted by Gasteiger charge is 2.32. The number of rotatable bonds is 22. The molecule has 380 valence electrons. The van der Waals surface area contributed by atoms with Gasteiger partial charge in [-0.05, 0) is 148 Å². The van der Waals surface area contributed by atoms with Gasteiger partial charge >= 0.3 is 29.8 Å². The molecule has 72 heavy (non-hydrogen) atoms. The minimum absolute atomic E-state index is 0.0472. The SMILES string of the molecule is C=CC(=O)Cc1ccc(CCC(=O)OC2CCC(C(=O)Oc3ccc(OC(=O)C4CCC(OC(=O)CCc5ccc(OC(=O)C=C)cc5)CC4)c4nc(-c5cccs5)ccc34)CC2)cc1.CCCOCCC. The third-order valence-electron chi connectivity index (χ3n) is 12.5. The first kappa shape index (κ1) is 54.6. The molecule has 2 aromatic heterocycles. The highest BCUT2D eigenvalue weighted by molar-refractivity contribution is 7.13.